The van der Waals surface area contributed by atoms with Gasteiger partial charge in [0.15, 0.2) is 5.43 Å². The molecule has 4 heteroatoms. The molecule has 0 radical (unpaired) electrons. The first kappa shape index (κ1) is 12.2. The van der Waals surface area contributed by atoms with Crippen molar-refractivity contribution in [1.29, 1.82) is 0 Å². The molecule has 98 valence electrons. The maximum Gasteiger partial charge on any atom is 0.193 e. The number of carboxylic acids is 1. The molecular weight excluding hydrogens is 256 g/mol. The average molecular weight is 265 g/mol. The third-order valence-corrected chi connectivity index (χ3v) is 3.05. The van der Waals surface area contributed by atoms with E-state index in [2.05, 4.69) is 0 Å². The van der Waals surface area contributed by atoms with E-state index in [1.165, 1.54) is 12.1 Å². The summed E-state index contributed by atoms with van der Waals surface area (Å²) >= 11 is 0. The van der Waals surface area contributed by atoms with Crippen LogP contribution < -0.4 is 10.5 Å². The minimum absolute atomic E-state index is 0.00840. The smallest absolute Gasteiger partial charge is 0.193 e. The SMILES string of the molecule is O=C([O-])c1ccccc1-c1cc(=O)c2ccccc2o1. The Morgan fingerprint density at radius 3 is 2.50 bits per heavy atom. The average Bonchev–Trinajstić information content (AvgIpc) is 2.47. The van der Waals surface area contributed by atoms with Crippen LogP contribution in [0.15, 0.2) is 63.8 Å². The van der Waals surface area contributed by atoms with E-state index >= 15 is 0 Å². The first-order valence-electron chi connectivity index (χ1n) is 6.00. The van der Waals surface area contributed by atoms with Crippen molar-refractivity contribution in [2.75, 3.05) is 0 Å². The number of fused-ring (bicyclic) bond motifs is 1. The van der Waals surface area contributed by atoms with Crippen LogP contribution in [0.2, 0.25) is 0 Å². The highest BCUT2D eigenvalue weighted by Crippen LogP contribution is 2.25. The Balaban J connectivity index is 2.31. The van der Waals surface area contributed by atoms with Crippen LogP contribution in [0.3, 0.4) is 0 Å². The zero-order valence-electron chi connectivity index (χ0n) is 10.3. The van der Waals surface area contributed by atoms with Crippen LogP contribution in [-0.2, 0) is 0 Å². The lowest BCUT2D eigenvalue weighted by molar-refractivity contribution is -0.254. The second-order valence-corrected chi connectivity index (χ2v) is 4.30. The van der Waals surface area contributed by atoms with Gasteiger partial charge in [0, 0.05) is 17.2 Å². The molecule has 0 spiro atoms. The fourth-order valence-corrected chi connectivity index (χ4v) is 2.11. The third kappa shape index (κ3) is 1.97. The summed E-state index contributed by atoms with van der Waals surface area (Å²) in [6.07, 6.45) is 0. The molecule has 0 atom stereocenters. The van der Waals surface area contributed by atoms with Gasteiger partial charge in [-0.2, -0.15) is 0 Å². The van der Waals surface area contributed by atoms with Gasteiger partial charge in [-0.3, -0.25) is 4.79 Å². The monoisotopic (exact) mass is 265 g/mol. The minimum atomic E-state index is -1.31. The van der Waals surface area contributed by atoms with E-state index in [0.717, 1.165) is 0 Å². The fraction of sp³-hybridized carbons (Fsp3) is 0. The number of benzene rings is 2. The van der Waals surface area contributed by atoms with Crippen molar-refractivity contribution < 1.29 is 14.3 Å². The standard InChI is InChI=1S/C16H10O4/c17-13-9-15(20-14-8-4-3-7-12(13)14)10-5-1-2-6-11(10)16(18)19/h1-9H,(H,18,19)/p-1. The van der Waals surface area contributed by atoms with E-state index in [9.17, 15) is 14.7 Å². The molecule has 4 nitrogen and oxygen atoms in total. The van der Waals surface area contributed by atoms with Crippen LogP contribution in [-0.4, -0.2) is 5.97 Å². The summed E-state index contributed by atoms with van der Waals surface area (Å²) in [6.45, 7) is 0. The number of hydrogen-bond donors (Lipinski definition) is 0. The van der Waals surface area contributed by atoms with Crippen molar-refractivity contribution >= 4 is 16.9 Å². The molecule has 0 saturated heterocycles. The summed E-state index contributed by atoms with van der Waals surface area (Å²) in [6, 6.07) is 14.4. The predicted molar refractivity (Wildman–Crippen MR) is 72.3 cm³/mol. The van der Waals surface area contributed by atoms with E-state index in [4.69, 9.17) is 4.42 Å². The van der Waals surface area contributed by atoms with Crippen LogP contribution >= 0.6 is 0 Å². The molecular formula is C16H9O4-. The highest BCUT2D eigenvalue weighted by molar-refractivity contribution is 5.94. The van der Waals surface area contributed by atoms with Crippen molar-refractivity contribution in [3.8, 4) is 11.3 Å². The summed E-state index contributed by atoms with van der Waals surface area (Å²) in [5.41, 5.74) is 0.527. The number of rotatable bonds is 2. The number of carbonyl (C=O) groups is 1. The Labute approximate surface area is 113 Å². The van der Waals surface area contributed by atoms with Crippen molar-refractivity contribution in [3.05, 3.63) is 70.4 Å². The second kappa shape index (κ2) is 4.66. The van der Waals surface area contributed by atoms with Crippen LogP contribution in [0, 0.1) is 0 Å². The maximum atomic E-state index is 12.0. The largest absolute Gasteiger partial charge is 0.545 e. The van der Waals surface area contributed by atoms with E-state index < -0.39 is 5.97 Å². The van der Waals surface area contributed by atoms with E-state index in [1.54, 1.807) is 42.5 Å². The predicted octanol–water partition coefficient (Wildman–Crippen LogP) is 1.82. The molecule has 0 N–H and O–H groups in total. The summed E-state index contributed by atoms with van der Waals surface area (Å²) in [7, 11) is 0. The number of hydrogen-bond acceptors (Lipinski definition) is 4. The molecule has 1 aromatic heterocycles. The molecule has 2 aromatic carbocycles. The molecule has 1 heterocycles. The summed E-state index contributed by atoms with van der Waals surface area (Å²) in [4.78, 5) is 23.1. The zero-order valence-corrected chi connectivity index (χ0v) is 10.3. The Morgan fingerprint density at radius 1 is 1.00 bits per heavy atom. The molecule has 0 aliphatic heterocycles. The number of aromatic carboxylic acids is 1. The van der Waals surface area contributed by atoms with E-state index in [0.29, 0.717) is 16.5 Å². The van der Waals surface area contributed by atoms with Gasteiger partial charge in [-0.05, 0) is 12.1 Å². The molecule has 20 heavy (non-hydrogen) atoms. The van der Waals surface area contributed by atoms with Crippen molar-refractivity contribution in [1.82, 2.24) is 0 Å². The zero-order chi connectivity index (χ0) is 14.1. The van der Waals surface area contributed by atoms with Crippen molar-refractivity contribution in [2.45, 2.75) is 0 Å². The molecule has 0 bridgehead atoms. The molecule has 0 saturated carbocycles. The number of carboxylic acid groups (broad SMARTS) is 1. The van der Waals surface area contributed by atoms with Crippen LogP contribution in [0.25, 0.3) is 22.3 Å². The topological polar surface area (TPSA) is 70.3 Å². The van der Waals surface area contributed by atoms with Crippen LogP contribution in [0.1, 0.15) is 10.4 Å². The molecule has 0 amide bonds. The van der Waals surface area contributed by atoms with Crippen molar-refractivity contribution in [3.63, 3.8) is 0 Å². The van der Waals surface area contributed by atoms with Gasteiger partial charge in [0.1, 0.15) is 11.3 Å². The quantitative estimate of drug-likeness (QED) is 0.708. The molecule has 0 unspecified atom stereocenters. The molecule has 3 rings (SSSR count). The normalized spacial score (nSPS) is 10.6. The summed E-state index contributed by atoms with van der Waals surface area (Å²) in [5, 5.41) is 11.6. The van der Waals surface area contributed by atoms with E-state index in [1.807, 2.05) is 0 Å². The Kier molecular flexibility index (Phi) is 2.84. The lowest BCUT2D eigenvalue weighted by atomic mass is 10.0. The Bertz CT molecular complexity index is 861. The molecule has 0 aliphatic carbocycles. The summed E-state index contributed by atoms with van der Waals surface area (Å²) < 4.78 is 5.63. The van der Waals surface area contributed by atoms with Gasteiger partial charge < -0.3 is 14.3 Å². The number of para-hydroxylation sites is 1. The van der Waals surface area contributed by atoms with Gasteiger partial charge in [-0.1, -0.05) is 36.4 Å². The summed E-state index contributed by atoms with van der Waals surface area (Å²) in [5.74, 6) is -1.09. The molecule has 0 aliphatic rings. The Morgan fingerprint density at radius 2 is 1.70 bits per heavy atom. The van der Waals surface area contributed by atoms with E-state index in [-0.39, 0.29) is 16.8 Å². The number of carbonyl (C=O) groups excluding carboxylic acids is 1. The van der Waals surface area contributed by atoms with Gasteiger partial charge in [-0.15, -0.1) is 0 Å². The first-order chi connectivity index (χ1) is 9.66. The van der Waals surface area contributed by atoms with Gasteiger partial charge in [0.2, 0.25) is 0 Å². The van der Waals surface area contributed by atoms with Crippen LogP contribution in [0.5, 0.6) is 0 Å². The second-order valence-electron chi connectivity index (χ2n) is 4.30. The fourth-order valence-electron chi connectivity index (χ4n) is 2.11. The minimum Gasteiger partial charge on any atom is -0.545 e. The van der Waals surface area contributed by atoms with Gasteiger partial charge in [0.05, 0.1) is 11.4 Å². The first-order valence-corrected chi connectivity index (χ1v) is 6.00. The van der Waals surface area contributed by atoms with Crippen molar-refractivity contribution in [2.24, 2.45) is 0 Å². The third-order valence-electron chi connectivity index (χ3n) is 3.05. The molecule has 3 aromatic rings. The highest BCUT2D eigenvalue weighted by atomic mass is 16.4. The lowest BCUT2D eigenvalue weighted by Gasteiger charge is -2.09. The Hall–Kier alpha value is -2.88. The highest BCUT2D eigenvalue weighted by Gasteiger charge is 2.10. The van der Waals surface area contributed by atoms with Gasteiger partial charge in [0.25, 0.3) is 0 Å². The molecule has 0 fully saturated rings. The van der Waals surface area contributed by atoms with Crippen LogP contribution in [0.4, 0.5) is 0 Å². The maximum absolute atomic E-state index is 12.0. The van der Waals surface area contributed by atoms with Gasteiger partial charge >= 0.3 is 0 Å². The lowest BCUT2D eigenvalue weighted by Crippen LogP contribution is -2.23. The van der Waals surface area contributed by atoms with Gasteiger partial charge in [-0.25, -0.2) is 0 Å².